The molecule has 0 spiro atoms. The lowest BCUT2D eigenvalue weighted by atomic mass is 10.1. The predicted molar refractivity (Wildman–Crippen MR) is 65.6 cm³/mol. The molecule has 0 bridgehead atoms. The molecule has 0 saturated carbocycles. The highest BCUT2D eigenvalue weighted by Gasteiger charge is 2.15. The zero-order valence-corrected chi connectivity index (χ0v) is 10.4. The number of hydrogen-bond acceptors (Lipinski definition) is 5. The number of rotatable bonds is 5. The number of nitrogens with zero attached hydrogens (tertiary/aromatic N) is 1. The predicted octanol–water partition coefficient (Wildman–Crippen LogP) is 1.000. The number of aromatic nitrogens is 1. The van der Waals surface area contributed by atoms with Gasteiger partial charge in [0.1, 0.15) is 0 Å². The first kappa shape index (κ1) is 12.0. The summed E-state index contributed by atoms with van der Waals surface area (Å²) in [6.07, 6.45) is 3.03. The molecular weight excluding hydrogens is 222 g/mol. The van der Waals surface area contributed by atoms with Crippen molar-refractivity contribution in [3.05, 3.63) is 16.6 Å². The van der Waals surface area contributed by atoms with Gasteiger partial charge in [-0.2, -0.15) is 0 Å². The van der Waals surface area contributed by atoms with Gasteiger partial charge in [0.2, 0.25) is 0 Å². The fraction of sp³-hybridized carbons (Fsp3) is 0.727. The van der Waals surface area contributed by atoms with Crippen LogP contribution in [0.1, 0.15) is 18.2 Å². The third-order valence-corrected chi connectivity index (χ3v) is 3.52. The largest absolute Gasteiger partial charge is 0.379 e. The molecule has 16 heavy (non-hydrogen) atoms. The Morgan fingerprint density at radius 3 is 3.38 bits per heavy atom. The summed E-state index contributed by atoms with van der Waals surface area (Å²) in [5.41, 5.74) is 1.87. The van der Waals surface area contributed by atoms with Crippen molar-refractivity contribution < 1.29 is 4.74 Å². The molecule has 2 N–H and O–H groups in total. The van der Waals surface area contributed by atoms with Gasteiger partial charge in [-0.25, -0.2) is 0 Å². The van der Waals surface area contributed by atoms with Gasteiger partial charge in [-0.3, -0.25) is 4.98 Å². The van der Waals surface area contributed by atoms with Gasteiger partial charge in [-0.15, -0.1) is 11.3 Å². The minimum atomic E-state index is 0.498. The molecule has 2 heterocycles. The standard InChI is InChI=1S/C11H19N3OS/c1-9(4-10-7-15-3-2-13-10)14-6-11-5-12-8-16-11/h5,8-10,13-14H,2-4,6-7H2,1H3. The van der Waals surface area contributed by atoms with Crippen LogP contribution in [0, 0.1) is 0 Å². The van der Waals surface area contributed by atoms with Gasteiger partial charge in [-0.1, -0.05) is 0 Å². The molecule has 1 aliphatic rings. The molecule has 0 aromatic carbocycles. The molecule has 4 nitrogen and oxygen atoms in total. The van der Waals surface area contributed by atoms with E-state index in [1.54, 1.807) is 11.3 Å². The summed E-state index contributed by atoms with van der Waals surface area (Å²) < 4.78 is 5.44. The molecule has 1 aliphatic heterocycles. The van der Waals surface area contributed by atoms with E-state index in [-0.39, 0.29) is 0 Å². The molecule has 1 aromatic heterocycles. The van der Waals surface area contributed by atoms with Crippen molar-refractivity contribution in [2.24, 2.45) is 0 Å². The molecule has 1 saturated heterocycles. The number of hydrogen-bond donors (Lipinski definition) is 2. The smallest absolute Gasteiger partial charge is 0.0794 e. The van der Waals surface area contributed by atoms with Gasteiger partial charge >= 0.3 is 0 Å². The zero-order valence-electron chi connectivity index (χ0n) is 9.61. The van der Waals surface area contributed by atoms with Crippen LogP contribution in [0.15, 0.2) is 11.7 Å². The van der Waals surface area contributed by atoms with Gasteiger partial charge in [0.25, 0.3) is 0 Å². The fourth-order valence-corrected chi connectivity index (χ4v) is 2.43. The summed E-state index contributed by atoms with van der Waals surface area (Å²) in [5, 5.41) is 6.98. The molecule has 0 aliphatic carbocycles. The van der Waals surface area contributed by atoms with Crippen LogP contribution in [-0.2, 0) is 11.3 Å². The molecule has 2 rings (SSSR count). The van der Waals surface area contributed by atoms with Crippen LogP contribution in [0.4, 0.5) is 0 Å². The lowest BCUT2D eigenvalue weighted by molar-refractivity contribution is 0.0712. The Bertz CT molecular complexity index is 285. The SMILES string of the molecule is CC(CC1COCCN1)NCc1cncs1. The molecule has 1 fully saturated rings. The molecule has 5 heteroatoms. The molecule has 0 radical (unpaired) electrons. The van der Waals surface area contributed by atoms with Crippen molar-refractivity contribution in [2.75, 3.05) is 19.8 Å². The highest BCUT2D eigenvalue weighted by atomic mass is 32.1. The van der Waals surface area contributed by atoms with Crippen molar-refractivity contribution in [3.8, 4) is 0 Å². The van der Waals surface area contributed by atoms with Gasteiger partial charge in [-0.05, 0) is 13.3 Å². The minimum Gasteiger partial charge on any atom is -0.379 e. The van der Waals surface area contributed by atoms with E-state index in [1.165, 1.54) is 4.88 Å². The summed E-state index contributed by atoms with van der Waals surface area (Å²) in [6, 6.07) is 0.999. The first-order chi connectivity index (χ1) is 7.84. The number of nitrogens with one attached hydrogen (secondary N) is 2. The van der Waals surface area contributed by atoms with E-state index >= 15 is 0 Å². The van der Waals surface area contributed by atoms with Crippen LogP contribution in [0.3, 0.4) is 0 Å². The normalized spacial score (nSPS) is 23.2. The second kappa shape index (κ2) is 6.30. The number of thiazole rings is 1. The van der Waals surface area contributed by atoms with Crippen molar-refractivity contribution in [3.63, 3.8) is 0 Å². The highest BCUT2D eigenvalue weighted by molar-refractivity contribution is 7.09. The Morgan fingerprint density at radius 1 is 1.75 bits per heavy atom. The zero-order chi connectivity index (χ0) is 11.2. The number of ether oxygens (including phenoxy) is 1. The molecule has 90 valence electrons. The molecular formula is C11H19N3OS. The summed E-state index contributed by atoms with van der Waals surface area (Å²) in [7, 11) is 0. The Kier molecular flexibility index (Phi) is 4.71. The van der Waals surface area contributed by atoms with Crippen LogP contribution in [0.25, 0.3) is 0 Å². The topological polar surface area (TPSA) is 46.2 Å². The Morgan fingerprint density at radius 2 is 2.69 bits per heavy atom. The van der Waals surface area contributed by atoms with Crippen LogP contribution in [0.5, 0.6) is 0 Å². The molecule has 0 amide bonds. The third kappa shape index (κ3) is 3.83. The maximum absolute atomic E-state index is 5.44. The summed E-state index contributed by atoms with van der Waals surface area (Å²) in [5.74, 6) is 0. The lowest BCUT2D eigenvalue weighted by Gasteiger charge is -2.26. The first-order valence-electron chi connectivity index (χ1n) is 5.76. The Labute approximate surface area is 100 Å². The Hall–Kier alpha value is -0.490. The molecule has 1 aromatic rings. The van der Waals surface area contributed by atoms with Gasteiger partial charge < -0.3 is 15.4 Å². The summed E-state index contributed by atoms with van der Waals surface area (Å²) in [4.78, 5) is 5.35. The first-order valence-corrected chi connectivity index (χ1v) is 6.64. The van der Waals surface area contributed by atoms with Crippen molar-refractivity contribution in [1.82, 2.24) is 15.6 Å². The average Bonchev–Trinajstić information content (AvgIpc) is 2.81. The van der Waals surface area contributed by atoms with Crippen LogP contribution >= 0.6 is 11.3 Å². The van der Waals surface area contributed by atoms with E-state index < -0.39 is 0 Å². The van der Waals surface area contributed by atoms with Gasteiger partial charge in [0, 0.05) is 36.2 Å². The van der Waals surface area contributed by atoms with Crippen LogP contribution in [-0.4, -0.2) is 36.8 Å². The van der Waals surface area contributed by atoms with Crippen LogP contribution in [0.2, 0.25) is 0 Å². The maximum atomic E-state index is 5.44. The van der Waals surface area contributed by atoms with E-state index in [2.05, 4.69) is 22.5 Å². The van der Waals surface area contributed by atoms with E-state index in [4.69, 9.17) is 4.74 Å². The lowest BCUT2D eigenvalue weighted by Crippen LogP contribution is -2.44. The summed E-state index contributed by atoms with van der Waals surface area (Å²) >= 11 is 1.70. The van der Waals surface area contributed by atoms with Crippen molar-refractivity contribution >= 4 is 11.3 Å². The second-order valence-corrected chi connectivity index (χ2v) is 5.18. The monoisotopic (exact) mass is 241 g/mol. The van der Waals surface area contributed by atoms with E-state index in [0.717, 1.165) is 32.7 Å². The Balaban J connectivity index is 1.65. The van der Waals surface area contributed by atoms with E-state index in [1.807, 2.05) is 11.7 Å². The molecule has 2 unspecified atom stereocenters. The maximum Gasteiger partial charge on any atom is 0.0794 e. The molecule has 2 atom stereocenters. The van der Waals surface area contributed by atoms with E-state index in [0.29, 0.717) is 12.1 Å². The summed E-state index contributed by atoms with van der Waals surface area (Å²) in [6.45, 7) is 5.80. The fourth-order valence-electron chi connectivity index (χ4n) is 1.89. The van der Waals surface area contributed by atoms with Crippen molar-refractivity contribution in [1.29, 1.82) is 0 Å². The van der Waals surface area contributed by atoms with Crippen molar-refractivity contribution in [2.45, 2.75) is 32.0 Å². The second-order valence-electron chi connectivity index (χ2n) is 4.21. The quantitative estimate of drug-likeness (QED) is 0.807. The number of morpholine rings is 1. The van der Waals surface area contributed by atoms with Crippen LogP contribution < -0.4 is 10.6 Å². The average molecular weight is 241 g/mol. The van der Waals surface area contributed by atoms with E-state index in [9.17, 15) is 0 Å². The highest BCUT2D eigenvalue weighted by Crippen LogP contribution is 2.07. The third-order valence-electron chi connectivity index (χ3n) is 2.74. The van der Waals surface area contributed by atoms with Gasteiger partial charge in [0.15, 0.2) is 0 Å². The minimum absolute atomic E-state index is 0.498. The van der Waals surface area contributed by atoms with Gasteiger partial charge in [0.05, 0.1) is 18.7 Å².